The standard InChI is InChI=1S/C13H22N2O3S2/c1-12(2)8-15(9-13(3,4)18-12)20(16,17)11-5-10(6-14)19-7-11/h5,7H,6,8-9,14H2,1-4H3. The second-order valence-electron chi connectivity index (χ2n) is 6.35. The molecule has 1 aromatic heterocycles. The Morgan fingerprint density at radius 1 is 1.30 bits per heavy atom. The number of morpholine rings is 1. The Hall–Kier alpha value is -0.470. The first-order valence-corrected chi connectivity index (χ1v) is 8.86. The molecule has 0 saturated carbocycles. The highest BCUT2D eigenvalue weighted by Crippen LogP contribution is 2.32. The van der Waals surface area contributed by atoms with Gasteiger partial charge in [-0.05, 0) is 33.8 Å². The summed E-state index contributed by atoms with van der Waals surface area (Å²) in [6.07, 6.45) is 0. The Labute approximate surface area is 124 Å². The minimum Gasteiger partial charge on any atom is -0.367 e. The summed E-state index contributed by atoms with van der Waals surface area (Å²) in [6.45, 7) is 8.72. The molecule has 1 aromatic rings. The zero-order valence-electron chi connectivity index (χ0n) is 12.3. The molecule has 0 spiro atoms. The van der Waals surface area contributed by atoms with Gasteiger partial charge in [-0.25, -0.2) is 8.42 Å². The average Bonchev–Trinajstić information content (AvgIpc) is 2.73. The number of hydrogen-bond acceptors (Lipinski definition) is 5. The zero-order chi connectivity index (χ0) is 15.2. The van der Waals surface area contributed by atoms with E-state index in [2.05, 4.69) is 0 Å². The second-order valence-corrected chi connectivity index (χ2v) is 9.28. The van der Waals surface area contributed by atoms with Crippen molar-refractivity contribution in [2.75, 3.05) is 13.1 Å². The van der Waals surface area contributed by atoms with Gasteiger partial charge >= 0.3 is 0 Å². The third-order valence-corrected chi connectivity index (χ3v) is 6.01. The molecule has 0 atom stereocenters. The van der Waals surface area contributed by atoms with Crippen LogP contribution in [-0.2, 0) is 21.3 Å². The highest BCUT2D eigenvalue weighted by Gasteiger charge is 2.43. The van der Waals surface area contributed by atoms with E-state index in [1.807, 2.05) is 27.7 Å². The number of hydrogen-bond donors (Lipinski definition) is 1. The number of thiophene rings is 1. The summed E-state index contributed by atoms with van der Waals surface area (Å²) >= 11 is 1.38. The lowest BCUT2D eigenvalue weighted by atomic mass is 10.0. The van der Waals surface area contributed by atoms with Crippen LogP contribution in [-0.4, -0.2) is 37.0 Å². The highest BCUT2D eigenvalue weighted by molar-refractivity contribution is 7.89. The number of rotatable bonds is 3. The normalized spacial score (nSPS) is 22.9. The van der Waals surface area contributed by atoms with Crippen molar-refractivity contribution < 1.29 is 13.2 Å². The van der Waals surface area contributed by atoms with E-state index < -0.39 is 21.2 Å². The van der Waals surface area contributed by atoms with Gasteiger partial charge in [0.15, 0.2) is 0 Å². The smallest absolute Gasteiger partial charge is 0.244 e. The van der Waals surface area contributed by atoms with Gasteiger partial charge in [-0.3, -0.25) is 0 Å². The van der Waals surface area contributed by atoms with Crippen molar-refractivity contribution in [1.29, 1.82) is 0 Å². The van der Waals surface area contributed by atoms with Crippen LogP contribution in [0.1, 0.15) is 32.6 Å². The minimum atomic E-state index is -3.49. The molecule has 1 aliphatic rings. The van der Waals surface area contributed by atoms with Crippen LogP contribution >= 0.6 is 11.3 Å². The summed E-state index contributed by atoms with van der Waals surface area (Å²) in [6, 6.07) is 1.66. The molecule has 0 radical (unpaired) electrons. The fourth-order valence-corrected chi connectivity index (χ4v) is 5.52. The molecular weight excluding hydrogens is 296 g/mol. The molecule has 1 aliphatic heterocycles. The lowest BCUT2D eigenvalue weighted by Crippen LogP contribution is -2.58. The lowest BCUT2D eigenvalue weighted by molar-refractivity contribution is -0.163. The van der Waals surface area contributed by atoms with Crippen molar-refractivity contribution in [1.82, 2.24) is 4.31 Å². The fourth-order valence-electron chi connectivity index (χ4n) is 2.64. The van der Waals surface area contributed by atoms with Gasteiger partial charge in [0.1, 0.15) is 0 Å². The van der Waals surface area contributed by atoms with Gasteiger partial charge in [0.05, 0.1) is 16.1 Å². The van der Waals surface area contributed by atoms with Gasteiger partial charge in [-0.1, -0.05) is 0 Å². The lowest BCUT2D eigenvalue weighted by Gasteiger charge is -2.46. The van der Waals surface area contributed by atoms with E-state index in [-0.39, 0.29) is 0 Å². The van der Waals surface area contributed by atoms with Crippen LogP contribution in [0.25, 0.3) is 0 Å². The van der Waals surface area contributed by atoms with Crippen molar-refractivity contribution in [2.24, 2.45) is 5.73 Å². The highest BCUT2D eigenvalue weighted by atomic mass is 32.2. The van der Waals surface area contributed by atoms with Gasteiger partial charge in [-0.2, -0.15) is 4.31 Å². The fraction of sp³-hybridized carbons (Fsp3) is 0.692. The van der Waals surface area contributed by atoms with E-state index in [0.29, 0.717) is 24.5 Å². The van der Waals surface area contributed by atoms with Crippen molar-refractivity contribution in [3.05, 3.63) is 16.3 Å². The largest absolute Gasteiger partial charge is 0.367 e. The monoisotopic (exact) mass is 318 g/mol. The molecule has 2 rings (SSSR count). The van der Waals surface area contributed by atoms with Crippen LogP contribution in [0.5, 0.6) is 0 Å². The molecular formula is C13H22N2O3S2. The second kappa shape index (κ2) is 5.06. The minimum absolute atomic E-state index is 0.330. The van der Waals surface area contributed by atoms with Crippen LogP contribution in [0, 0.1) is 0 Å². The van der Waals surface area contributed by atoms with Gasteiger partial charge < -0.3 is 10.5 Å². The number of ether oxygens (including phenoxy) is 1. The van der Waals surface area contributed by atoms with Crippen LogP contribution < -0.4 is 5.73 Å². The molecule has 0 amide bonds. The van der Waals surface area contributed by atoms with Crippen LogP contribution in [0.3, 0.4) is 0 Å². The summed E-state index contributed by atoms with van der Waals surface area (Å²) < 4.78 is 32.9. The molecule has 2 N–H and O–H groups in total. The molecule has 5 nitrogen and oxygen atoms in total. The van der Waals surface area contributed by atoms with Crippen LogP contribution in [0.4, 0.5) is 0 Å². The maximum Gasteiger partial charge on any atom is 0.244 e. The maximum absolute atomic E-state index is 12.7. The number of nitrogens with zero attached hydrogens (tertiary/aromatic N) is 1. The first-order valence-electron chi connectivity index (χ1n) is 6.54. The molecule has 1 fully saturated rings. The molecule has 7 heteroatoms. The van der Waals surface area contributed by atoms with Crippen LogP contribution in [0.15, 0.2) is 16.3 Å². The molecule has 0 aromatic carbocycles. The molecule has 0 bridgehead atoms. The Kier molecular flexibility index (Phi) is 4.03. The molecule has 2 heterocycles. The summed E-state index contributed by atoms with van der Waals surface area (Å²) in [4.78, 5) is 1.20. The summed E-state index contributed by atoms with van der Waals surface area (Å²) in [5, 5.41) is 1.66. The maximum atomic E-state index is 12.7. The predicted octanol–water partition coefficient (Wildman–Crippen LogP) is 1.78. The Morgan fingerprint density at radius 2 is 1.85 bits per heavy atom. The zero-order valence-corrected chi connectivity index (χ0v) is 14.0. The third kappa shape index (κ3) is 3.23. The Balaban J connectivity index is 2.33. The summed E-state index contributed by atoms with van der Waals surface area (Å²) in [7, 11) is -3.49. The van der Waals surface area contributed by atoms with E-state index >= 15 is 0 Å². The first kappa shape index (κ1) is 15.9. The summed E-state index contributed by atoms with van der Waals surface area (Å²) in [5.41, 5.74) is 4.56. The van der Waals surface area contributed by atoms with E-state index in [0.717, 1.165) is 4.88 Å². The van der Waals surface area contributed by atoms with Gasteiger partial charge in [-0.15, -0.1) is 11.3 Å². The molecule has 0 unspecified atom stereocenters. The van der Waals surface area contributed by atoms with E-state index in [1.165, 1.54) is 15.6 Å². The SMILES string of the molecule is CC1(C)CN(S(=O)(=O)c2csc(CN)c2)CC(C)(C)O1. The summed E-state index contributed by atoms with van der Waals surface area (Å²) in [5.74, 6) is 0. The molecule has 20 heavy (non-hydrogen) atoms. The first-order chi connectivity index (χ1) is 9.06. The third-order valence-electron chi connectivity index (χ3n) is 3.14. The molecule has 114 valence electrons. The molecule has 1 saturated heterocycles. The number of nitrogens with two attached hydrogens (primary N) is 1. The van der Waals surface area contributed by atoms with Crippen LogP contribution in [0.2, 0.25) is 0 Å². The van der Waals surface area contributed by atoms with E-state index in [9.17, 15) is 8.42 Å². The van der Waals surface area contributed by atoms with Crippen molar-refractivity contribution >= 4 is 21.4 Å². The van der Waals surface area contributed by atoms with Crippen molar-refractivity contribution in [3.8, 4) is 0 Å². The van der Waals surface area contributed by atoms with Gasteiger partial charge in [0, 0.05) is 29.9 Å². The topological polar surface area (TPSA) is 72.6 Å². The van der Waals surface area contributed by atoms with Gasteiger partial charge in [0.25, 0.3) is 0 Å². The van der Waals surface area contributed by atoms with Crippen molar-refractivity contribution in [2.45, 2.75) is 50.3 Å². The van der Waals surface area contributed by atoms with Crippen molar-refractivity contribution in [3.63, 3.8) is 0 Å². The van der Waals surface area contributed by atoms with Gasteiger partial charge in [0.2, 0.25) is 10.0 Å². The average molecular weight is 318 g/mol. The predicted molar refractivity (Wildman–Crippen MR) is 80.2 cm³/mol. The quantitative estimate of drug-likeness (QED) is 0.922. The number of sulfonamides is 1. The van der Waals surface area contributed by atoms with E-state index in [1.54, 1.807) is 11.4 Å². The Bertz CT molecular complexity index is 575. The van der Waals surface area contributed by atoms with E-state index in [4.69, 9.17) is 10.5 Å². The molecule has 0 aliphatic carbocycles. The Morgan fingerprint density at radius 3 is 2.30 bits per heavy atom.